The Balaban J connectivity index is 2.04. The topological polar surface area (TPSA) is 20.3 Å². The van der Waals surface area contributed by atoms with Gasteiger partial charge in [-0.25, -0.2) is 0 Å². The summed E-state index contributed by atoms with van der Waals surface area (Å²) in [6.07, 6.45) is 4.95. The van der Waals surface area contributed by atoms with Gasteiger partial charge in [-0.1, -0.05) is 37.6 Å². The molecule has 2 rings (SSSR count). The third-order valence-corrected chi connectivity index (χ3v) is 4.01. The molecule has 2 nitrogen and oxygen atoms in total. The van der Waals surface area contributed by atoms with E-state index < -0.39 is 0 Å². The number of carbonyl (C=O) groups is 1. The van der Waals surface area contributed by atoms with E-state index in [9.17, 15) is 4.79 Å². The van der Waals surface area contributed by atoms with Crippen molar-refractivity contribution in [2.75, 3.05) is 13.1 Å². The lowest BCUT2D eigenvalue weighted by Gasteiger charge is -2.34. The lowest BCUT2D eigenvalue weighted by Crippen LogP contribution is -2.42. The largest absolute Gasteiger partial charge is 0.293 e. The summed E-state index contributed by atoms with van der Waals surface area (Å²) in [5.41, 5.74) is 1.98. The van der Waals surface area contributed by atoms with Gasteiger partial charge in [0.05, 0.1) is 6.54 Å². The molecular formula is C16H23NO. The van der Waals surface area contributed by atoms with Crippen molar-refractivity contribution in [2.45, 2.75) is 45.6 Å². The maximum atomic E-state index is 12.4. The van der Waals surface area contributed by atoms with Crippen LogP contribution in [0.5, 0.6) is 0 Å². The Morgan fingerprint density at radius 3 is 2.83 bits per heavy atom. The summed E-state index contributed by atoms with van der Waals surface area (Å²) >= 11 is 0. The fourth-order valence-corrected chi connectivity index (χ4v) is 2.89. The minimum absolute atomic E-state index is 0.272. The number of hydrogen-bond donors (Lipinski definition) is 0. The number of rotatable bonds is 4. The number of nitrogens with zero attached hydrogens (tertiary/aromatic N) is 1. The monoisotopic (exact) mass is 245 g/mol. The number of piperidine rings is 1. The second kappa shape index (κ2) is 6.14. The molecule has 0 amide bonds. The van der Waals surface area contributed by atoms with E-state index in [4.69, 9.17) is 0 Å². The first kappa shape index (κ1) is 13.3. The molecular weight excluding hydrogens is 222 g/mol. The maximum Gasteiger partial charge on any atom is 0.177 e. The Morgan fingerprint density at radius 2 is 2.11 bits per heavy atom. The molecule has 1 saturated heterocycles. The second-order valence-electron chi connectivity index (χ2n) is 5.27. The number of Topliss-reactive ketones (excluding diaryl/α,β-unsaturated/α-hetero) is 1. The molecule has 18 heavy (non-hydrogen) atoms. The molecule has 0 spiro atoms. The molecule has 1 heterocycles. The van der Waals surface area contributed by atoms with E-state index >= 15 is 0 Å². The molecule has 0 aliphatic carbocycles. The summed E-state index contributed by atoms with van der Waals surface area (Å²) in [7, 11) is 0. The average molecular weight is 245 g/mol. The van der Waals surface area contributed by atoms with Crippen LogP contribution in [0.1, 0.15) is 48.5 Å². The van der Waals surface area contributed by atoms with Gasteiger partial charge >= 0.3 is 0 Å². The summed E-state index contributed by atoms with van der Waals surface area (Å²) in [6, 6.07) is 8.51. The summed E-state index contributed by atoms with van der Waals surface area (Å²) in [5.74, 6) is 0.272. The van der Waals surface area contributed by atoms with Crippen LogP contribution in [-0.4, -0.2) is 29.8 Å². The molecule has 0 bridgehead atoms. The maximum absolute atomic E-state index is 12.4. The Labute approximate surface area is 110 Å². The van der Waals surface area contributed by atoms with Crippen molar-refractivity contribution >= 4 is 5.78 Å². The first-order valence-corrected chi connectivity index (χ1v) is 7.05. The zero-order valence-electron chi connectivity index (χ0n) is 11.5. The van der Waals surface area contributed by atoms with Crippen LogP contribution in [0.15, 0.2) is 24.3 Å². The molecule has 0 radical (unpaired) electrons. The number of benzene rings is 1. The molecule has 2 heteroatoms. The van der Waals surface area contributed by atoms with Gasteiger partial charge < -0.3 is 0 Å². The van der Waals surface area contributed by atoms with E-state index in [2.05, 4.69) is 11.8 Å². The highest BCUT2D eigenvalue weighted by Gasteiger charge is 2.23. The fourth-order valence-electron chi connectivity index (χ4n) is 2.89. The number of likely N-dealkylation sites (tertiary alicyclic amines) is 1. The van der Waals surface area contributed by atoms with Crippen LogP contribution in [0, 0.1) is 6.92 Å². The SMILES string of the molecule is CCC1CCCCN1CC(=O)c1ccccc1C. The first-order valence-electron chi connectivity index (χ1n) is 7.05. The zero-order valence-corrected chi connectivity index (χ0v) is 11.5. The molecule has 0 N–H and O–H groups in total. The van der Waals surface area contributed by atoms with Crippen LogP contribution in [0.4, 0.5) is 0 Å². The van der Waals surface area contributed by atoms with Gasteiger partial charge in [-0.05, 0) is 38.3 Å². The van der Waals surface area contributed by atoms with Gasteiger partial charge in [-0.15, -0.1) is 0 Å². The van der Waals surface area contributed by atoms with Crippen LogP contribution in [0.2, 0.25) is 0 Å². The Kier molecular flexibility index (Phi) is 4.54. The van der Waals surface area contributed by atoms with Crippen molar-refractivity contribution in [1.29, 1.82) is 0 Å². The lowest BCUT2D eigenvalue weighted by atomic mass is 9.98. The molecule has 1 aromatic carbocycles. The summed E-state index contributed by atoms with van der Waals surface area (Å²) in [4.78, 5) is 14.7. The van der Waals surface area contributed by atoms with Gasteiger partial charge in [0.2, 0.25) is 0 Å². The predicted octanol–water partition coefficient (Wildman–Crippen LogP) is 3.44. The molecule has 1 unspecified atom stereocenters. The van der Waals surface area contributed by atoms with Crippen LogP contribution in [0.3, 0.4) is 0 Å². The van der Waals surface area contributed by atoms with Crippen LogP contribution < -0.4 is 0 Å². The molecule has 1 aromatic rings. The fraction of sp³-hybridized carbons (Fsp3) is 0.562. The van der Waals surface area contributed by atoms with Crippen molar-refractivity contribution in [1.82, 2.24) is 4.90 Å². The molecule has 0 saturated carbocycles. The van der Waals surface area contributed by atoms with Gasteiger partial charge in [-0.3, -0.25) is 9.69 Å². The van der Waals surface area contributed by atoms with Crippen molar-refractivity contribution in [3.63, 3.8) is 0 Å². The number of carbonyl (C=O) groups excluding carboxylic acids is 1. The molecule has 98 valence electrons. The summed E-state index contributed by atoms with van der Waals surface area (Å²) in [6.45, 7) is 5.90. The van der Waals surface area contributed by atoms with E-state index in [1.165, 1.54) is 19.3 Å². The van der Waals surface area contributed by atoms with Crippen molar-refractivity contribution in [2.24, 2.45) is 0 Å². The van der Waals surface area contributed by atoms with Gasteiger partial charge in [-0.2, -0.15) is 0 Å². The highest BCUT2D eigenvalue weighted by Crippen LogP contribution is 2.20. The third kappa shape index (κ3) is 2.99. The van der Waals surface area contributed by atoms with Gasteiger partial charge in [0.25, 0.3) is 0 Å². The second-order valence-corrected chi connectivity index (χ2v) is 5.27. The zero-order chi connectivity index (χ0) is 13.0. The Morgan fingerprint density at radius 1 is 1.33 bits per heavy atom. The minimum atomic E-state index is 0.272. The van der Waals surface area contributed by atoms with Crippen LogP contribution in [0.25, 0.3) is 0 Å². The Hall–Kier alpha value is -1.15. The van der Waals surface area contributed by atoms with Crippen molar-refractivity contribution in [3.8, 4) is 0 Å². The quantitative estimate of drug-likeness (QED) is 0.757. The van der Waals surface area contributed by atoms with Crippen molar-refractivity contribution in [3.05, 3.63) is 35.4 Å². The summed E-state index contributed by atoms with van der Waals surface area (Å²) in [5, 5.41) is 0. The van der Waals surface area contributed by atoms with E-state index in [0.29, 0.717) is 12.6 Å². The molecule has 0 aromatic heterocycles. The van der Waals surface area contributed by atoms with Crippen molar-refractivity contribution < 1.29 is 4.79 Å². The number of aryl methyl sites for hydroxylation is 1. The normalized spacial score (nSPS) is 20.9. The minimum Gasteiger partial charge on any atom is -0.293 e. The standard InChI is InChI=1S/C16H23NO/c1-3-14-9-6-7-11-17(14)12-16(18)15-10-5-4-8-13(15)2/h4-5,8,10,14H,3,6-7,9,11-12H2,1-2H3. The highest BCUT2D eigenvalue weighted by molar-refractivity contribution is 5.98. The van der Waals surface area contributed by atoms with Crippen LogP contribution >= 0.6 is 0 Å². The Bertz CT molecular complexity index is 413. The number of hydrogen-bond acceptors (Lipinski definition) is 2. The molecule has 1 aliphatic rings. The lowest BCUT2D eigenvalue weighted by molar-refractivity contribution is 0.0837. The highest BCUT2D eigenvalue weighted by atomic mass is 16.1. The van der Waals surface area contributed by atoms with Gasteiger partial charge in [0, 0.05) is 11.6 Å². The first-order chi connectivity index (χ1) is 8.72. The third-order valence-electron chi connectivity index (χ3n) is 4.01. The van der Waals surface area contributed by atoms with E-state index in [-0.39, 0.29) is 5.78 Å². The average Bonchev–Trinajstić information content (AvgIpc) is 2.39. The molecule has 1 fully saturated rings. The van der Waals surface area contributed by atoms with Crippen LogP contribution in [-0.2, 0) is 0 Å². The number of ketones is 1. The van der Waals surface area contributed by atoms with Gasteiger partial charge in [0.1, 0.15) is 0 Å². The molecule has 1 aliphatic heterocycles. The van der Waals surface area contributed by atoms with E-state index in [0.717, 1.165) is 24.1 Å². The van der Waals surface area contributed by atoms with E-state index in [1.807, 2.05) is 31.2 Å². The molecule has 1 atom stereocenters. The van der Waals surface area contributed by atoms with Gasteiger partial charge in [0.15, 0.2) is 5.78 Å². The smallest absolute Gasteiger partial charge is 0.177 e. The summed E-state index contributed by atoms with van der Waals surface area (Å²) < 4.78 is 0. The van der Waals surface area contributed by atoms with E-state index in [1.54, 1.807) is 0 Å². The predicted molar refractivity (Wildman–Crippen MR) is 75.0 cm³/mol.